The van der Waals surface area contributed by atoms with Crippen LogP contribution >= 0.6 is 11.3 Å². The second-order valence-electron chi connectivity index (χ2n) is 7.95. The van der Waals surface area contributed by atoms with Crippen LogP contribution in [-0.2, 0) is 25.7 Å². The summed E-state index contributed by atoms with van der Waals surface area (Å²) in [6.45, 7) is 0. The minimum atomic E-state index is 0.577. The number of thiazole rings is 1. The molecule has 0 aliphatic carbocycles. The first-order chi connectivity index (χ1) is 16.8. The summed E-state index contributed by atoms with van der Waals surface area (Å²) >= 11 is 1.64. The topological polar surface area (TPSA) is 91.0 Å². The van der Waals surface area contributed by atoms with E-state index in [4.69, 9.17) is 13.4 Å². The van der Waals surface area contributed by atoms with Crippen LogP contribution in [0.1, 0.15) is 44.7 Å². The van der Waals surface area contributed by atoms with Gasteiger partial charge in [0.25, 0.3) is 0 Å². The van der Waals surface area contributed by atoms with Crippen LogP contribution in [0.3, 0.4) is 0 Å². The normalized spacial score (nSPS) is 11.4. The summed E-state index contributed by atoms with van der Waals surface area (Å²) in [5, 5.41) is 8.30. The van der Waals surface area contributed by atoms with Crippen LogP contribution in [0.25, 0.3) is 11.0 Å². The van der Waals surface area contributed by atoms with Crippen molar-refractivity contribution in [2.45, 2.75) is 25.7 Å². The average molecular weight is 469 g/mol. The number of fused-ring (bicyclic) bond motifs is 1. The Morgan fingerprint density at radius 1 is 0.765 bits per heavy atom. The lowest BCUT2D eigenvalue weighted by molar-refractivity contribution is 0.413. The van der Waals surface area contributed by atoms with E-state index in [1.54, 1.807) is 30.1 Å². The molecule has 0 aliphatic rings. The van der Waals surface area contributed by atoms with Gasteiger partial charge in [0.05, 0.1) is 16.9 Å². The van der Waals surface area contributed by atoms with Crippen molar-refractivity contribution in [2.24, 2.45) is 0 Å². The van der Waals surface area contributed by atoms with E-state index in [2.05, 4.69) is 26.2 Å². The van der Waals surface area contributed by atoms with Gasteiger partial charge in [-0.25, -0.2) is 9.97 Å². The largest absolute Gasteiger partial charge is 0.460 e. The lowest BCUT2D eigenvalue weighted by Gasteiger charge is -2.10. The first-order valence-corrected chi connectivity index (χ1v) is 11.8. The highest BCUT2D eigenvalue weighted by Crippen LogP contribution is 2.36. The van der Waals surface area contributed by atoms with Gasteiger partial charge in [-0.1, -0.05) is 17.3 Å². The molecule has 7 nitrogen and oxygen atoms in total. The molecule has 0 saturated carbocycles. The number of rotatable bonds is 8. The fraction of sp³-hybridized carbons (Fsp3) is 0.154. The van der Waals surface area contributed by atoms with Crippen LogP contribution in [0.2, 0.25) is 0 Å². The molecule has 5 heterocycles. The number of pyridine rings is 1. The van der Waals surface area contributed by atoms with Crippen molar-refractivity contribution in [1.29, 1.82) is 0 Å². The van der Waals surface area contributed by atoms with Gasteiger partial charge in [-0.2, -0.15) is 0 Å². The zero-order valence-corrected chi connectivity index (χ0v) is 19.0. The fourth-order valence-electron chi connectivity index (χ4n) is 4.29. The van der Waals surface area contributed by atoms with Crippen molar-refractivity contribution in [1.82, 2.24) is 20.1 Å². The second-order valence-corrected chi connectivity index (χ2v) is 8.93. The van der Waals surface area contributed by atoms with Crippen molar-refractivity contribution < 1.29 is 13.4 Å². The van der Waals surface area contributed by atoms with Gasteiger partial charge in [0.2, 0.25) is 0 Å². The van der Waals surface area contributed by atoms with E-state index < -0.39 is 0 Å². The minimum absolute atomic E-state index is 0.577. The average Bonchev–Trinajstić information content (AvgIpc) is 3.66. The molecule has 0 unspecified atom stereocenters. The third kappa shape index (κ3) is 4.15. The van der Waals surface area contributed by atoms with Crippen LogP contribution in [0.4, 0.5) is 0 Å². The van der Waals surface area contributed by atoms with Crippen molar-refractivity contribution in [2.75, 3.05) is 0 Å². The molecule has 0 atom stereocenters. The Hall–Kier alpha value is -4.04. The van der Waals surface area contributed by atoms with E-state index in [0.717, 1.165) is 49.8 Å². The summed E-state index contributed by atoms with van der Waals surface area (Å²) in [6.07, 6.45) is 11.0. The number of furan rings is 1. The number of nitrogens with zero attached hydrogens (tertiary/aromatic N) is 4. The molecule has 168 valence electrons. The number of hydrogen-bond donors (Lipinski definition) is 0. The van der Waals surface area contributed by atoms with Gasteiger partial charge >= 0.3 is 0 Å². The zero-order chi connectivity index (χ0) is 22.7. The Bertz CT molecular complexity index is 1490. The van der Waals surface area contributed by atoms with Gasteiger partial charge in [-0.05, 0) is 29.3 Å². The molecule has 1 aromatic carbocycles. The Kier molecular flexibility index (Phi) is 5.48. The Morgan fingerprint density at radius 3 is 2.53 bits per heavy atom. The summed E-state index contributed by atoms with van der Waals surface area (Å²) in [6, 6.07) is 11.9. The lowest BCUT2D eigenvalue weighted by atomic mass is 9.92. The molecule has 0 amide bonds. The molecular weight excluding hydrogens is 448 g/mol. The maximum Gasteiger partial charge on any atom is 0.198 e. The molecule has 0 saturated heterocycles. The summed E-state index contributed by atoms with van der Waals surface area (Å²) in [7, 11) is 0. The van der Waals surface area contributed by atoms with Crippen molar-refractivity contribution in [3.8, 4) is 0 Å². The third-order valence-electron chi connectivity index (χ3n) is 5.80. The van der Waals surface area contributed by atoms with Crippen LogP contribution in [0.5, 0.6) is 0 Å². The Labute approximate surface area is 199 Å². The maximum atomic E-state index is 6.46. The van der Waals surface area contributed by atoms with Gasteiger partial charge in [0.1, 0.15) is 23.9 Å². The molecule has 0 radical (unpaired) electrons. The smallest absolute Gasteiger partial charge is 0.198 e. The molecule has 8 heteroatoms. The molecule has 6 rings (SSSR count). The zero-order valence-electron chi connectivity index (χ0n) is 18.2. The highest BCUT2D eigenvalue weighted by Gasteiger charge is 2.22. The van der Waals surface area contributed by atoms with Crippen LogP contribution in [0, 0.1) is 0 Å². The SMILES string of the molecule is c1ccc(Cc2oc3ccc(Cc4ncco4)c(Cc4ccon4)c3c2Cc2nccs2)nc1. The first kappa shape index (κ1) is 20.6. The van der Waals surface area contributed by atoms with Crippen LogP contribution in [-0.4, -0.2) is 20.1 Å². The highest BCUT2D eigenvalue weighted by atomic mass is 32.1. The highest BCUT2D eigenvalue weighted by molar-refractivity contribution is 7.09. The van der Waals surface area contributed by atoms with Crippen molar-refractivity contribution in [3.05, 3.63) is 118 Å². The molecule has 5 aromatic heterocycles. The summed E-state index contributed by atoms with van der Waals surface area (Å²) in [5.41, 5.74) is 6.03. The minimum Gasteiger partial charge on any atom is -0.460 e. The number of hydrogen-bond acceptors (Lipinski definition) is 8. The Balaban J connectivity index is 1.53. The van der Waals surface area contributed by atoms with Gasteiger partial charge in [-0.15, -0.1) is 11.3 Å². The molecule has 6 aromatic rings. The molecule has 0 spiro atoms. The van der Waals surface area contributed by atoms with Crippen LogP contribution in [0.15, 0.2) is 86.3 Å². The van der Waals surface area contributed by atoms with Gasteiger partial charge in [-0.3, -0.25) is 4.98 Å². The molecule has 0 N–H and O–H groups in total. The fourth-order valence-corrected chi connectivity index (χ4v) is 4.92. The monoisotopic (exact) mass is 468 g/mol. The van der Waals surface area contributed by atoms with Crippen molar-refractivity contribution in [3.63, 3.8) is 0 Å². The maximum absolute atomic E-state index is 6.46. The van der Waals surface area contributed by atoms with E-state index in [9.17, 15) is 0 Å². The predicted octanol–water partition coefficient (Wildman–Crippen LogP) is 5.62. The van der Waals surface area contributed by atoms with Crippen LogP contribution < -0.4 is 0 Å². The van der Waals surface area contributed by atoms with Crippen molar-refractivity contribution >= 4 is 22.3 Å². The van der Waals surface area contributed by atoms with E-state index in [1.807, 2.05) is 48.1 Å². The summed E-state index contributed by atoms with van der Waals surface area (Å²) in [4.78, 5) is 13.4. The van der Waals surface area contributed by atoms with Gasteiger partial charge in [0, 0.05) is 66.2 Å². The lowest BCUT2D eigenvalue weighted by Crippen LogP contribution is -2.01. The standard InChI is InChI=1S/C26H20N4O3S/c1-2-7-27-18(3-1)15-23-21(16-25-29-9-12-34-25)26-20(14-19-6-10-32-30-19)17(4-5-22(26)33-23)13-24-28-8-11-31-24/h1-12H,13-16H2. The van der Waals surface area contributed by atoms with E-state index in [-0.39, 0.29) is 0 Å². The number of benzene rings is 1. The second kappa shape index (κ2) is 9.07. The van der Waals surface area contributed by atoms with Gasteiger partial charge < -0.3 is 13.4 Å². The molecular formula is C26H20N4O3S. The number of aromatic nitrogens is 4. The molecule has 0 fully saturated rings. The third-order valence-corrected chi connectivity index (χ3v) is 6.58. The van der Waals surface area contributed by atoms with E-state index in [1.165, 1.54) is 0 Å². The summed E-state index contributed by atoms with van der Waals surface area (Å²) in [5.74, 6) is 1.57. The Morgan fingerprint density at radius 2 is 1.76 bits per heavy atom. The molecule has 34 heavy (non-hydrogen) atoms. The predicted molar refractivity (Wildman–Crippen MR) is 127 cm³/mol. The van der Waals surface area contributed by atoms with E-state index >= 15 is 0 Å². The summed E-state index contributed by atoms with van der Waals surface area (Å²) < 4.78 is 17.1. The number of oxazole rings is 1. The van der Waals surface area contributed by atoms with Gasteiger partial charge in [0.15, 0.2) is 5.89 Å². The molecule has 0 aliphatic heterocycles. The first-order valence-electron chi connectivity index (χ1n) is 10.9. The van der Waals surface area contributed by atoms with E-state index in [0.29, 0.717) is 31.6 Å². The quantitative estimate of drug-likeness (QED) is 0.286. The molecule has 0 bridgehead atoms.